The van der Waals surface area contributed by atoms with Gasteiger partial charge < -0.3 is 4.74 Å². The third-order valence-corrected chi connectivity index (χ3v) is 4.26. The van der Waals surface area contributed by atoms with Crippen molar-refractivity contribution in [3.05, 3.63) is 47.3 Å². The Hall–Kier alpha value is -2.32. The maximum Gasteiger partial charge on any atom is 0.162 e. The SMILES string of the molecule is CCC(C)Oc1ccccc1CN1CCn2nc(C#N)cc2C1. The normalized spacial score (nSPS) is 15.7. The molecule has 2 aromatic rings. The second-order valence-electron chi connectivity index (χ2n) is 6.01. The number of aromatic nitrogens is 2. The van der Waals surface area contributed by atoms with E-state index in [0.717, 1.165) is 44.0 Å². The lowest BCUT2D eigenvalue weighted by Crippen LogP contribution is -2.33. The molecule has 1 unspecified atom stereocenters. The van der Waals surface area contributed by atoms with E-state index in [4.69, 9.17) is 10.00 Å². The van der Waals surface area contributed by atoms with Crippen molar-refractivity contribution in [3.63, 3.8) is 0 Å². The fourth-order valence-electron chi connectivity index (χ4n) is 2.80. The first kappa shape index (κ1) is 15.6. The zero-order chi connectivity index (χ0) is 16.2. The molecule has 0 amide bonds. The maximum absolute atomic E-state index is 8.98. The van der Waals surface area contributed by atoms with Gasteiger partial charge >= 0.3 is 0 Å². The van der Waals surface area contributed by atoms with Crippen LogP contribution in [0.15, 0.2) is 30.3 Å². The predicted octanol–water partition coefficient (Wildman–Crippen LogP) is 2.95. The zero-order valence-corrected chi connectivity index (χ0v) is 13.7. The molecule has 5 heteroatoms. The summed E-state index contributed by atoms with van der Waals surface area (Å²) in [6, 6.07) is 12.2. The van der Waals surface area contributed by atoms with E-state index >= 15 is 0 Å². The number of ether oxygens (including phenoxy) is 1. The van der Waals surface area contributed by atoms with Crippen molar-refractivity contribution in [1.82, 2.24) is 14.7 Å². The van der Waals surface area contributed by atoms with E-state index in [2.05, 4.69) is 42.0 Å². The minimum absolute atomic E-state index is 0.220. The van der Waals surface area contributed by atoms with Gasteiger partial charge in [-0.05, 0) is 25.5 Å². The molecule has 0 bridgehead atoms. The molecule has 23 heavy (non-hydrogen) atoms. The number of para-hydroxylation sites is 1. The molecule has 1 aromatic carbocycles. The Labute approximate surface area is 137 Å². The van der Waals surface area contributed by atoms with Gasteiger partial charge in [0.1, 0.15) is 11.8 Å². The van der Waals surface area contributed by atoms with E-state index in [9.17, 15) is 0 Å². The van der Waals surface area contributed by atoms with E-state index < -0.39 is 0 Å². The van der Waals surface area contributed by atoms with Crippen molar-refractivity contribution in [1.29, 1.82) is 5.26 Å². The monoisotopic (exact) mass is 310 g/mol. The van der Waals surface area contributed by atoms with Gasteiger partial charge in [-0.15, -0.1) is 0 Å². The first-order valence-corrected chi connectivity index (χ1v) is 8.13. The van der Waals surface area contributed by atoms with E-state index in [1.165, 1.54) is 5.56 Å². The van der Waals surface area contributed by atoms with Crippen molar-refractivity contribution >= 4 is 0 Å². The molecule has 1 aliphatic heterocycles. The van der Waals surface area contributed by atoms with Crippen LogP contribution in [-0.4, -0.2) is 27.3 Å². The van der Waals surface area contributed by atoms with Gasteiger partial charge in [0.05, 0.1) is 18.3 Å². The molecule has 1 aromatic heterocycles. The van der Waals surface area contributed by atoms with Crippen LogP contribution < -0.4 is 4.74 Å². The van der Waals surface area contributed by atoms with Gasteiger partial charge in [-0.25, -0.2) is 0 Å². The number of nitriles is 1. The zero-order valence-electron chi connectivity index (χ0n) is 13.7. The fourth-order valence-corrected chi connectivity index (χ4v) is 2.80. The Bertz CT molecular complexity index is 716. The molecule has 2 heterocycles. The quantitative estimate of drug-likeness (QED) is 0.852. The third kappa shape index (κ3) is 3.54. The Morgan fingerprint density at radius 2 is 2.17 bits per heavy atom. The molecule has 0 spiro atoms. The van der Waals surface area contributed by atoms with Crippen LogP contribution in [0.25, 0.3) is 0 Å². The molecule has 0 saturated heterocycles. The molecule has 120 valence electrons. The lowest BCUT2D eigenvalue weighted by atomic mass is 10.1. The van der Waals surface area contributed by atoms with Crippen molar-refractivity contribution < 1.29 is 4.74 Å². The van der Waals surface area contributed by atoms with Crippen LogP contribution in [0, 0.1) is 11.3 Å². The highest BCUT2D eigenvalue weighted by molar-refractivity contribution is 5.33. The van der Waals surface area contributed by atoms with Gasteiger partial charge in [-0.3, -0.25) is 9.58 Å². The van der Waals surface area contributed by atoms with E-state index in [1.807, 2.05) is 22.9 Å². The van der Waals surface area contributed by atoms with Crippen molar-refractivity contribution in [2.45, 2.75) is 46.0 Å². The minimum Gasteiger partial charge on any atom is -0.490 e. The van der Waals surface area contributed by atoms with Gasteiger partial charge in [0.25, 0.3) is 0 Å². The summed E-state index contributed by atoms with van der Waals surface area (Å²) in [6.45, 7) is 7.64. The van der Waals surface area contributed by atoms with Gasteiger partial charge in [0.2, 0.25) is 0 Å². The molecule has 0 aliphatic carbocycles. The number of hydrogen-bond acceptors (Lipinski definition) is 4. The number of nitrogens with zero attached hydrogens (tertiary/aromatic N) is 4. The van der Waals surface area contributed by atoms with E-state index in [-0.39, 0.29) is 6.10 Å². The number of rotatable bonds is 5. The van der Waals surface area contributed by atoms with Crippen LogP contribution in [-0.2, 0) is 19.6 Å². The Balaban J connectivity index is 1.72. The summed E-state index contributed by atoms with van der Waals surface area (Å²) in [4.78, 5) is 2.37. The van der Waals surface area contributed by atoms with Gasteiger partial charge in [0, 0.05) is 25.2 Å². The summed E-state index contributed by atoms with van der Waals surface area (Å²) >= 11 is 0. The first-order chi connectivity index (χ1) is 11.2. The van der Waals surface area contributed by atoms with Gasteiger partial charge in [-0.1, -0.05) is 25.1 Å². The van der Waals surface area contributed by atoms with E-state index in [1.54, 1.807) is 0 Å². The average Bonchev–Trinajstić information content (AvgIpc) is 2.99. The summed E-state index contributed by atoms with van der Waals surface area (Å²) in [6.07, 6.45) is 1.21. The highest BCUT2D eigenvalue weighted by Crippen LogP contribution is 2.24. The summed E-state index contributed by atoms with van der Waals surface area (Å²) in [5, 5.41) is 13.3. The number of hydrogen-bond donors (Lipinski definition) is 0. The lowest BCUT2D eigenvalue weighted by Gasteiger charge is -2.28. The lowest BCUT2D eigenvalue weighted by molar-refractivity contribution is 0.189. The molecule has 1 aliphatic rings. The molecule has 3 rings (SSSR count). The fraction of sp³-hybridized carbons (Fsp3) is 0.444. The Morgan fingerprint density at radius 3 is 2.96 bits per heavy atom. The van der Waals surface area contributed by atoms with Crippen LogP contribution in [0.5, 0.6) is 5.75 Å². The van der Waals surface area contributed by atoms with Crippen molar-refractivity contribution in [2.75, 3.05) is 6.54 Å². The molecule has 5 nitrogen and oxygen atoms in total. The first-order valence-electron chi connectivity index (χ1n) is 8.13. The molecule has 0 radical (unpaired) electrons. The topological polar surface area (TPSA) is 54.1 Å². The van der Waals surface area contributed by atoms with Gasteiger partial charge in [-0.2, -0.15) is 10.4 Å². The van der Waals surface area contributed by atoms with Gasteiger partial charge in [0.15, 0.2) is 5.69 Å². The van der Waals surface area contributed by atoms with Crippen LogP contribution in [0.3, 0.4) is 0 Å². The largest absolute Gasteiger partial charge is 0.490 e. The Morgan fingerprint density at radius 1 is 1.35 bits per heavy atom. The molecule has 0 saturated carbocycles. The molecular formula is C18H22N4O. The second kappa shape index (κ2) is 6.84. The molecular weight excluding hydrogens is 288 g/mol. The summed E-state index contributed by atoms with van der Waals surface area (Å²) in [7, 11) is 0. The third-order valence-electron chi connectivity index (χ3n) is 4.26. The molecule has 0 N–H and O–H groups in total. The smallest absolute Gasteiger partial charge is 0.162 e. The summed E-state index contributed by atoms with van der Waals surface area (Å²) < 4.78 is 7.98. The van der Waals surface area contributed by atoms with E-state index in [0.29, 0.717) is 5.69 Å². The highest BCUT2D eigenvalue weighted by atomic mass is 16.5. The average molecular weight is 310 g/mol. The number of fused-ring (bicyclic) bond motifs is 1. The maximum atomic E-state index is 8.98. The predicted molar refractivity (Wildman–Crippen MR) is 87.9 cm³/mol. The molecule has 1 atom stereocenters. The summed E-state index contributed by atoms with van der Waals surface area (Å²) in [5.74, 6) is 0.971. The van der Waals surface area contributed by atoms with Crippen molar-refractivity contribution in [3.8, 4) is 11.8 Å². The molecule has 0 fully saturated rings. The van der Waals surface area contributed by atoms with Crippen molar-refractivity contribution in [2.24, 2.45) is 0 Å². The van der Waals surface area contributed by atoms with Crippen LogP contribution >= 0.6 is 0 Å². The van der Waals surface area contributed by atoms with Crippen LogP contribution in [0.2, 0.25) is 0 Å². The minimum atomic E-state index is 0.220. The standard InChI is InChI=1S/C18H22N4O/c1-3-14(2)23-18-7-5-4-6-15(18)12-21-8-9-22-17(13-21)10-16(11-19)20-22/h4-7,10,14H,3,8-9,12-13H2,1-2H3. The second-order valence-corrected chi connectivity index (χ2v) is 6.01. The number of benzene rings is 1. The highest BCUT2D eigenvalue weighted by Gasteiger charge is 2.19. The van der Waals surface area contributed by atoms with Crippen LogP contribution in [0.1, 0.15) is 37.2 Å². The van der Waals surface area contributed by atoms with Crippen LogP contribution in [0.4, 0.5) is 0 Å². The summed E-state index contributed by atoms with van der Waals surface area (Å²) in [5.41, 5.74) is 2.82. The Kier molecular flexibility index (Phi) is 4.63.